The number of nitrogens with two attached hydrogens (primary N) is 1. The first-order valence-corrected chi connectivity index (χ1v) is 13.8. The Morgan fingerprint density at radius 1 is 1.00 bits per heavy atom. The molecule has 6 nitrogen and oxygen atoms in total. The lowest BCUT2D eigenvalue weighted by Gasteiger charge is -2.19. The van der Waals surface area contributed by atoms with Crippen LogP contribution < -0.4 is 5.73 Å². The molecule has 0 spiro atoms. The van der Waals surface area contributed by atoms with Gasteiger partial charge < -0.3 is 5.73 Å². The third kappa shape index (κ3) is 6.56. The van der Waals surface area contributed by atoms with Crippen LogP contribution in [0.1, 0.15) is 65.6 Å². The van der Waals surface area contributed by atoms with E-state index in [2.05, 4.69) is 77.7 Å². The normalized spacial score (nSPS) is 11.8. The summed E-state index contributed by atoms with van der Waals surface area (Å²) >= 11 is 0. The largest absolute Gasteiger partial charge is 0.383 e. The number of nitrogens with zero attached hydrogens (tertiary/aromatic N) is 5. The van der Waals surface area contributed by atoms with Gasteiger partial charge >= 0.3 is 0 Å². The molecule has 38 heavy (non-hydrogen) atoms. The highest BCUT2D eigenvalue weighted by Crippen LogP contribution is 2.31. The second kappa shape index (κ2) is 14.2. The van der Waals surface area contributed by atoms with Crippen molar-refractivity contribution >= 4 is 22.6 Å². The molecule has 0 saturated heterocycles. The van der Waals surface area contributed by atoms with Gasteiger partial charge in [0.2, 0.25) is 0 Å². The lowest BCUT2D eigenvalue weighted by Crippen LogP contribution is -2.23. The van der Waals surface area contributed by atoms with Crippen LogP contribution in [0.5, 0.6) is 0 Å². The van der Waals surface area contributed by atoms with E-state index in [-0.39, 0.29) is 0 Å². The van der Waals surface area contributed by atoms with Crippen LogP contribution in [0.2, 0.25) is 0 Å². The average Bonchev–Trinajstić information content (AvgIpc) is 3.33. The number of nitrogen functional groups attached to an aromatic ring is 1. The zero-order valence-electron chi connectivity index (χ0n) is 23.8. The van der Waals surface area contributed by atoms with Crippen molar-refractivity contribution in [3.63, 3.8) is 0 Å². The Morgan fingerprint density at radius 2 is 1.76 bits per heavy atom. The van der Waals surface area contributed by atoms with Gasteiger partial charge in [-0.25, -0.2) is 15.0 Å². The number of rotatable bonds is 10. The van der Waals surface area contributed by atoms with Crippen molar-refractivity contribution in [2.24, 2.45) is 0 Å². The van der Waals surface area contributed by atoms with E-state index < -0.39 is 0 Å². The van der Waals surface area contributed by atoms with Gasteiger partial charge in [0.05, 0.1) is 11.3 Å². The summed E-state index contributed by atoms with van der Waals surface area (Å²) in [6, 6.07) is 16.6. The summed E-state index contributed by atoms with van der Waals surface area (Å²) in [5, 5.41) is 0. The SMILES string of the molecule is C/C=C(\C=C/CC)c1ccc2nc(-c3cccnc3N)n(-c3ccc(CN(CC)CCC)cc3)c2n1.CC. The minimum Gasteiger partial charge on any atom is -0.383 e. The number of imidazole rings is 1. The lowest BCUT2D eigenvalue weighted by atomic mass is 10.1. The van der Waals surface area contributed by atoms with E-state index in [1.54, 1.807) is 6.20 Å². The molecule has 4 rings (SSSR count). The molecule has 0 saturated carbocycles. The van der Waals surface area contributed by atoms with E-state index in [0.29, 0.717) is 5.82 Å². The Kier molecular flexibility index (Phi) is 10.8. The zero-order valence-corrected chi connectivity index (χ0v) is 23.8. The fraction of sp³-hybridized carbons (Fsp3) is 0.344. The second-order valence-electron chi connectivity index (χ2n) is 8.84. The Bertz CT molecular complexity index is 1360. The minimum atomic E-state index is 0.448. The first kappa shape index (κ1) is 28.8. The van der Waals surface area contributed by atoms with Crippen LogP contribution in [-0.2, 0) is 6.54 Å². The number of aromatic nitrogens is 4. The molecule has 0 aliphatic rings. The van der Waals surface area contributed by atoms with Crippen LogP contribution in [-0.4, -0.2) is 37.5 Å². The maximum absolute atomic E-state index is 6.29. The van der Waals surface area contributed by atoms with E-state index in [9.17, 15) is 0 Å². The van der Waals surface area contributed by atoms with Crippen LogP contribution in [0, 0.1) is 0 Å². The highest BCUT2D eigenvalue weighted by molar-refractivity contribution is 5.85. The Balaban J connectivity index is 0.00000195. The van der Waals surface area contributed by atoms with Gasteiger partial charge in [0.1, 0.15) is 11.3 Å². The zero-order chi connectivity index (χ0) is 27.5. The maximum Gasteiger partial charge on any atom is 0.165 e. The van der Waals surface area contributed by atoms with Crippen molar-refractivity contribution in [1.29, 1.82) is 0 Å². The third-order valence-electron chi connectivity index (χ3n) is 6.31. The molecule has 3 aromatic heterocycles. The molecule has 0 aliphatic carbocycles. The van der Waals surface area contributed by atoms with Gasteiger partial charge in [-0.2, -0.15) is 0 Å². The summed E-state index contributed by atoms with van der Waals surface area (Å²) in [5.41, 5.74) is 13.0. The van der Waals surface area contributed by atoms with Gasteiger partial charge in [0.25, 0.3) is 0 Å². The molecule has 2 N–H and O–H groups in total. The van der Waals surface area contributed by atoms with Gasteiger partial charge in [0, 0.05) is 18.4 Å². The molecular weight excluding hydrogens is 468 g/mol. The number of fused-ring (bicyclic) bond motifs is 1. The first-order valence-electron chi connectivity index (χ1n) is 13.8. The fourth-order valence-electron chi connectivity index (χ4n) is 4.40. The summed E-state index contributed by atoms with van der Waals surface area (Å²) in [5.74, 6) is 1.18. The monoisotopic (exact) mass is 510 g/mol. The van der Waals surface area contributed by atoms with Crippen LogP contribution in [0.3, 0.4) is 0 Å². The van der Waals surface area contributed by atoms with Crippen molar-refractivity contribution in [1.82, 2.24) is 24.4 Å². The third-order valence-corrected chi connectivity index (χ3v) is 6.31. The van der Waals surface area contributed by atoms with E-state index in [1.807, 2.05) is 45.0 Å². The van der Waals surface area contributed by atoms with Crippen molar-refractivity contribution < 1.29 is 0 Å². The molecule has 1 aromatic carbocycles. The molecule has 6 heteroatoms. The maximum atomic E-state index is 6.29. The van der Waals surface area contributed by atoms with Gasteiger partial charge in [0.15, 0.2) is 11.5 Å². The van der Waals surface area contributed by atoms with Crippen molar-refractivity contribution in [3.8, 4) is 17.1 Å². The van der Waals surface area contributed by atoms with E-state index >= 15 is 0 Å². The number of hydrogen-bond acceptors (Lipinski definition) is 5. The Morgan fingerprint density at radius 3 is 2.39 bits per heavy atom. The van der Waals surface area contributed by atoms with Crippen molar-refractivity contribution in [3.05, 3.63) is 84.2 Å². The van der Waals surface area contributed by atoms with Gasteiger partial charge in [-0.15, -0.1) is 0 Å². The molecule has 0 bridgehead atoms. The summed E-state index contributed by atoms with van der Waals surface area (Å²) in [6.45, 7) is 15.7. The van der Waals surface area contributed by atoms with Gasteiger partial charge in [-0.05, 0) is 80.4 Å². The smallest absolute Gasteiger partial charge is 0.165 e. The summed E-state index contributed by atoms with van der Waals surface area (Å²) in [4.78, 5) is 16.8. The number of benzene rings is 1. The predicted molar refractivity (Wildman–Crippen MR) is 162 cm³/mol. The first-order chi connectivity index (χ1) is 18.6. The number of allylic oxidation sites excluding steroid dienone is 4. The molecule has 3 heterocycles. The fourth-order valence-corrected chi connectivity index (χ4v) is 4.40. The summed E-state index contributed by atoms with van der Waals surface area (Å²) in [6.07, 6.45) is 10.2. The van der Waals surface area contributed by atoms with Crippen LogP contribution in [0.4, 0.5) is 5.82 Å². The summed E-state index contributed by atoms with van der Waals surface area (Å²) < 4.78 is 2.09. The molecule has 0 aliphatic heterocycles. The van der Waals surface area contributed by atoms with Crippen LogP contribution >= 0.6 is 0 Å². The number of hydrogen-bond donors (Lipinski definition) is 1. The van der Waals surface area contributed by atoms with Crippen LogP contribution in [0.15, 0.2) is 73.0 Å². The molecule has 0 unspecified atom stereocenters. The highest BCUT2D eigenvalue weighted by Gasteiger charge is 2.19. The van der Waals surface area contributed by atoms with E-state index in [0.717, 1.165) is 72.0 Å². The molecule has 0 radical (unpaired) electrons. The highest BCUT2D eigenvalue weighted by atomic mass is 15.1. The number of anilines is 1. The summed E-state index contributed by atoms with van der Waals surface area (Å²) in [7, 11) is 0. The molecule has 0 fully saturated rings. The van der Waals surface area contributed by atoms with E-state index in [4.69, 9.17) is 15.7 Å². The number of pyridine rings is 2. The predicted octanol–water partition coefficient (Wildman–Crippen LogP) is 7.69. The molecule has 4 aromatic rings. The van der Waals surface area contributed by atoms with Gasteiger partial charge in [-0.1, -0.05) is 65.0 Å². The Hall–Kier alpha value is -3.77. The van der Waals surface area contributed by atoms with Crippen molar-refractivity contribution in [2.75, 3.05) is 18.8 Å². The Labute approximate surface area is 228 Å². The van der Waals surface area contributed by atoms with Crippen molar-refractivity contribution in [2.45, 2.75) is 60.9 Å². The topological polar surface area (TPSA) is 72.9 Å². The minimum absolute atomic E-state index is 0.448. The molecular formula is C32H42N6. The molecule has 0 atom stereocenters. The average molecular weight is 511 g/mol. The molecule has 0 amide bonds. The standard InChI is InChI=1S/C30H36N6.C2H6/c1-5-9-11-23(7-3)26-17-18-27-30(33-26)36(29(34-27)25-12-10-19-32-28(25)31)24-15-13-22(14-16-24)21-35(8-4)20-6-2;1-2/h7,9-19H,5-6,8,20-21H2,1-4H3,(H2,31,32);1-2H3/b11-9-,23-7+;. The second-order valence-corrected chi connectivity index (χ2v) is 8.84. The lowest BCUT2D eigenvalue weighted by molar-refractivity contribution is 0.280. The van der Waals surface area contributed by atoms with Crippen LogP contribution in [0.25, 0.3) is 33.8 Å². The quantitative estimate of drug-likeness (QED) is 0.221. The van der Waals surface area contributed by atoms with Gasteiger partial charge in [-0.3, -0.25) is 9.47 Å². The molecule has 200 valence electrons. The van der Waals surface area contributed by atoms with E-state index in [1.165, 1.54) is 5.56 Å².